The first kappa shape index (κ1) is 12.8. The lowest BCUT2D eigenvalue weighted by atomic mass is 10.2. The number of nitrogens with zero attached hydrogens (tertiary/aromatic N) is 2. The zero-order valence-corrected chi connectivity index (χ0v) is 12.6. The Morgan fingerprint density at radius 1 is 1.41 bits per heavy atom. The van der Waals surface area contributed by atoms with Crippen LogP contribution in [0.4, 0.5) is 0 Å². The van der Waals surface area contributed by atoms with Crippen molar-refractivity contribution in [1.82, 2.24) is 9.78 Å². The van der Waals surface area contributed by atoms with Crippen LogP contribution in [0.25, 0.3) is 0 Å². The standard InChI is InChI=1S/C12H16BrN3S/c1-7-8(2)15-16(9(7)3)10(6-14)11-4-5-12(13)17-11/h4-5,10H,6,14H2,1-3H3. The van der Waals surface area contributed by atoms with Gasteiger partial charge in [-0.15, -0.1) is 11.3 Å². The van der Waals surface area contributed by atoms with Gasteiger partial charge in [0.25, 0.3) is 0 Å². The molecule has 92 valence electrons. The van der Waals surface area contributed by atoms with E-state index in [0.717, 1.165) is 9.48 Å². The van der Waals surface area contributed by atoms with Crippen LogP contribution in [-0.4, -0.2) is 16.3 Å². The van der Waals surface area contributed by atoms with Crippen molar-refractivity contribution in [2.75, 3.05) is 6.54 Å². The summed E-state index contributed by atoms with van der Waals surface area (Å²) in [6, 6.07) is 4.30. The number of nitrogens with two attached hydrogens (primary N) is 1. The van der Waals surface area contributed by atoms with Crippen molar-refractivity contribution in [2.24, 2.45) is 5.73 Å². The van der Waals surface area contributed by atoms with Gasteiger partial charge in [-0.25, -0.2) is 0 Å². The first-order chi connectivity index (χ1) is 8.04. The second-order valence-electron chi connectivity index (χ2n) is 4.13. The molecule has 0 aliphatic heterocycles. The molecule has 0 fully saturated rings. The minimum absolute atomic E-state index is 0.138. The van der Waals surface area contributed by atoms with Gasteiger partial charge in [-0.1, -0.05) is 0 Å². The number of hydrogen-bond acceptors (Lipinski definition) is 3. The van der Waals surface area contributed by atoms with Gasteiger partial charge in [0, 0.05) is 17.1 Å². The van der Waals surface area contributed by atoms with Crippen LogP contribution in [0, 0.1) is 20.8 Å². The number of halogens is 1. The lowest BCUT2D eigenvalue weighted by molar-refractivity contribution is 0.523. The Hall–Kier alpha value is -0.650. The van der Waals surface area contributed by atoms with E-state index in [1.165, 1.54) is 16.1 Å². The lowest BCUT2D eigenvalue weighted by Gasteiger charge is -2.15. The predicted octanol–water partition coefficient (Wildman–Crippen LogP) is 3.18. The summed E-state index contributed by atoms with van der Waals surface area (Å²) in [6.45, 7) is 6.80. The third kappa shape index (κ3) is 2.32. The Morgan fingerprint density at radius 3 is 2.53 bits per heavy atom. The first-order valence-corrected chi connectivity index (χ1v) is 7.13. The maximum absolute atomic E-state index is 5.90. The molecule has 2 aromatic rings. The Kier molecular flexibility index (Phi) is 3.70. The van der Waals surface area contributed by atoms with Crippen molar-refractivity contribution in [2.45, 2.75) is 26.8 Å². The molecule has 1 atom stereocenters. The van der Waals surface area contributed by atoms with Gasteiger partial charge in [0.2, 0.25) is 0 Å². The van der Waals surface area contributed by atoms with E-state index in [4.69, 9.17) is 5.73 Å². The molecule has 0 saturated carbocycles. The van der Waals surface area contributed by atoms with E-state index in [2.05, 4.69) is 47.0 Å². The molecule has 0 spiro atoms. The molecule has 0 bridgehead atoms. The van der Waals surface area contributed by atoms with Crippen molar-refractivity contribution in [1.29, 1.82) is 0 Å². The summed E-state index contributed by atoms with van der Waals surface area (Å²) in [5.41, 5.74) is 9.43. The highest BCUT2D eigenvalue weighted by Crippen LogP contribution is 2.30. The van der Waals surface area contributed by atoms with Gasteiger partial charge in [0.05, 0.1) is 15.5 Å². The van der Waals surface area contributed by atoms with Crippen LogP contribution in [-0.2, 0) is 0 Å². The van der Waals surface area contributed by atoms with Crippen molar-refractivity contribution in [3.8, 4) is 0 Å². The van der Waals surface area contributed by atoms with Gasteiger partial charge in [-0.3, -0.25) is 4.68 Å². The molecule has 0 amide bonds. The number of rotatable bonds is 3. The molecule has 0 saturated heterocycles. The highest BCUT2D eigenvalue weighted by molar-refractivity contribution is 9.11. The van der Waals surface area contributed by atoms with Crippen LogP contribution < -0.4 is 5.73 Å². The van der Waals surface area contributed by atoms with Gasteiger partial charge in [-0.05, 0) is 54.4 Å². The maximum atomic E-state index is 5.90. The summed E-state index contributed by atoms with van der Waals surface area (Å²) in [6.07, 6.45) is 0. The average Bonchev–Trinajstić information content (AvgIpc) is 2.82. The van der Waals surface area contributed by atoms with Crippen LogP contribution in [0.1, 0.15) is 27.9 Å². The van der Waals surface area contributed by atoms with Gasteiger partial charge in [0.15, 0.2) is 0 Å². The maximum Gasteiger partial charge on any atom is 0.0985 e. The topological polar surface area (TPSA) is 43.8 Å². The van der Waals surface area contributed by atoms with Gasteiger partial charge in [-0.2, -0.15) is 5.10 Å². The Bertz CT molecular complexity index is 530. The zero-order valence-electron chi connectivity index (χ0n) is 10.2. The summed E-state index contributed by atoms with van der Waals surface area (Å²) in [7, 11) is 0. The fourth-order valence-corrected chi connectivity index (χ4v) is 3.41. The Morgan fingerprint density at radius 2 is 2.12 bits per heavy atom. The van der Waals surface area contributed by atoms with Crippen LogP contribution in [0.2, 0.25) is 0 Å². The molecule has 0 radical (unpaired) electrons. The Balaban J connectivity index is 2.45. The molecular formula is C12H16BrN3S. The second kappa shape index (κ2) is 4.92. The fraction of sp³-hybridized carbons (Fsp3) is 0.417. The molecule has 0 aliphatic rings. The predicted molar refractivity (Wildman–Crippen MR) is 75.7 cm³/mol. The zero-order chi connectivity index (χ0) is 12.6. The van der Waals surface area contributed by atoms with E-state index < -0.39 is 0 Å². The quantitative estimate of drug-likeness (QED) is 0.945. The summed E-state index contributed by atoms with van der Waals surface area (Å²) in [5.74, 6) is 0. The molecule has 1 unspecified atom stereocenters. The van der Waals surface area contributed by atoms with E-state index in [1.54, 1.807) is 11.3 Å². The van der Waals surface area contributed by atoms with Crippen LogP contribution in [0.5, 0.6) is 0 Å². The van der Waals surface area contributed by atoms with Crippen molar-refractivity contribution in [3.63, 3.8) is 0 Å². The van der Waals surface area contributed by atoms with Crippen LogP contribution in [0.3, 0.4) is 0 Å². The molecule has 2 rings (SSSR count). The summed E-state index contributed by atoms with van der Waals surface area (Å²) in [4.78, 5) is 1.24. The molecule has 5 heteroatoms. The molecule has 2 heterocycles. The minimum Gasteiger partial charge on any atom is -0.328 e. The van der Waals surface area contributed by atoms with Crippen LogP contribution >= 0.6 is 27.3 Å². The smallest absolute Gasteiger partial charge is 0.0985 e. The van der Waals surface area contributed by atoms with Gasteiger partial charge >= 0.3 is 0 Å². The highest BCUT2D eigenvalue weighted by Gasteiger charge is 2.19. The normalized spacial score (nSPS) is 13.0. The average molecular weight is 314 g/mol. The largest absolute Gasteiger partial charge is 0.328 e. The van der Waals surface area contributed by atoms with Crippen molar-refractivity contribution >= 4 is 27.3 Å². The van der Waals surface area contributed by atoms with E-state index in [-0.39, 0.29) is 6.04 Å². The monoisotopic (exact) mass is 313 g/mol. The summed E-state index contributed by atoms with van der Waals surface area (Å²) < 4.78 is 3.17. The molecule has 2 N–H and O–H groups in total. The molecular weight excluding hydrogens is 298 g/mol. The number of aryl methyl sites for hydroxylation is 1. The second-order valence-corrected chi connectivity index (χ2v) is 6.63. The van der Waals surface area contributed by atoms with E-state index in [9.17, 15) is 0 Å². The third-order valence-corrected chi connectivity index (χ3v) is 4.85. The molecule has 3 nitrogen and oxygen atoms in total. The highest BCUT2D eigenvalue weighted by atomic mass is 79.9. The molecule has 0 aliphatic carbocycles. The Labute approximate surface area is 114 Å². The van der Waals surface area contributed by atoms with Gasteiger partial charge < -0.3 is 5.73 Å². The number of thiophene rings is 1. The minimum atomic E-state index is 0.138. The SMILES string of the molecule is Cc1nn(C(CN)c2ccc(Br)s2)c(C)c1C. The number of hydrogen-bond donors (Lipinski definition) is 1. The first-order valence-electron chi connectivity index (χ1n) is 5.52. The molecule has 0 aromatic carbocycles. The molecule has 2 aromatic heterocycles. The van der Waals surface area contributed by atoms with E-state index in [0.29, 0.717) is 6.54 Å². The van der Waals surface area contributed by atoms with Gasteiger partial charge in [0.1, 0.15) is 0 Å². The molecule has 17 heavy (non-hydrogen) atoms. The third-order valence-electron chi connectivity index (χ3n) is 3.13. The summed E-state index contributed by atoms with van der Waals surface area (Å²) in [5, 5.41) is 4.59. The van der Waals surface area contributed by atoms with Crippen molar-refractivity contribution < 1.29 is 0 Å². The summed E-state index contributed by atoms with van der Waals surface area (Å²) >= 11 is 5.20. The van der Waals surface area contributed by atoms with E-state index in [1.807, 2.05) is 11.6 Å². The fourth-order valence-electron chi connectivity index (χ4n) is 1.89. The van der Waals surface area contributed by atoms with Crippen LogP contribution in [0.15, 0.2) is 15.9 Å². The lowest BCUT2D eigenvalue weighted by Crippen LogP contribution is -2.21. The van der Waals surface area contributed by atoms with Crippen molar-refractivity contribution in [3.05, 3.63) is 37.7 Å². The number of aromatic nitrogens is 2. The van der Waals surface area contributed by atoms with E-state index >= 15 is 0 Å².